The molecular weight excluding hydrogens is 764 g/mol. The quantitative estimate of drug-likeness (QED) is 0.125. The fourth-order valence-electron chi connectivity index (χ4n) is 6.90. The van der Waals surface area contributed by atoms with Crippen LogP contribution in [0.1, 0.15) is 40.2 Å². The standard InChI is InChI=1S/C28H38F2N12O10P2/c1-5-45-21-15-19(37-25(31)39-21)41(11-33-15)23-27(3,29)17-13(49-23)9-47-53(43,51-17)35-7-8-36-54(44)48-10-14-18(52-54)28(4,30)24(50-14)42-12-34-16-20(42)38-26(32)40-22(16)46-6-2/h11-14,17-18,23-24H,5-10H2,1-4H3,(H,35,43)(H,36,44)(H2,31,37,39)(H2,32,38,40)/t13-,14-,17-,18-,23-,24-,27-,28+,53?,54?/m1/s1. The molecule has 0 spiro atoms. The lowest BCUT2D eigenvalue weighted by molar-refractivity contribution is -0.0611. The van der Waals surface area contributed by atoms with Gasteiger partial charge in [0, 0.05) is 13.1 Å². The van der Waals surface area contributed by atoms with Crippen LogP contribution in [0.15, 0.2) is 12.7 Å². The average molecular weight is 803 g/mol. The van der Waals surface area contributed by atoms with Crippen molar-refractivity contribution in [3.05, 3.63) is 12.7 Å². The van der Waals surface area contributed by atoms with Crippen LogP contribution in [0, 0.1) is 0 Å². The number of aromatic nitrogens is 8. The number of hydrogen-bond acceptors (Lipinski definition) is 18. The Labute approximate surface area is 305 Å². The molecule has 2 unspecified atom stereocenters. The predicted octanol–water partition coefficient (Wildman–Crippen LogP) is 2.11. The highest BCUT2D eigenvalue weighted by Crippen LogP contribution is 2.58. The van der Waals surface area contributed by atoms with Gasteiger partial charge in [0.05, 0.1) is 39.1 Å². The van der Waals surface area contributed by atoms with Gasteiger partial charge in [0.15, 0.2) is 46.1 Å². The summed E-state index contributed by atoms with van der Waals surface area (Å²) in [5.74, 6) is 0.0303. The second-order valence-corrected chi connectivity index (χ2v) is 16.7. The fourth-order valence-corrected chi connectivity index (χ4v) is 10.1. The van der Waals surface area contributed by atoms with Crippen LogP contribution in [0.3, 0.4) is 0 Å². The summed E-state index contributed by atoms with van der Waals surface area (Å²) in [5.41, 5.74) is 8.03. The minimum absolute atomic E-state index is 0.113. The van der Waals surface area contributed by atoms with E-state index in [1.807, 2.05) is 0 Å². The molecule has 0 amide bonds. The molecule has 4 fully saturated rings. The Bertz CT molecular complexity index is 2030. The number of nitrogen functional groups attached to an aromatic ring is 2. The second-order valence-electron chi connectivity index (χ2n) is 13.1. The maximum Gasteiger partial charge on any atom is 0.406 e. The molecule has 8 heterocycles. The lowest BCUT2D eigenvalue weighted by Crippen LogP contribution is -2.47. The van der Waals surface area contributed by atoms with Crippen molar-refractivity contribution in [3.8, 4) is 11.8 Å². The molecule has 6 N–H and O–H groups in total. The van der Waals surface area contributed by atoms with Crippen LogP contribution in [-0.4, -0.2) is 114 Å². The van der Waals surface area contributed by atoms with Gasteiger partial charge in [-0.25, -0.2) is 38.1 Å². The molecule has 0 aromatic carbocycles. The Balaban J connectivity index is 0.897. The SMILES string of the molecule is CCOc1nc(N)nc2c1ncn2[C@@H]1O[C@@H]2COP(=O)(NCCNP3(=O)OC[C@H]4O[C@@H](n5cnc6c(OCC)nc(N)nc65)[C@](C)(F)[C@@H]4O3)O[C@H]2[C@]1(C)F. The number of halogens is 2. The first kappa shape index (κ1) is 37.2. The maximum absolute atomic E-state index is 16.6. The van der Waals surface area contributed by atoms with Crippen molar-refractivity contribution < 1.29 is 55.0 Å². The van der Waals surface area contributed by atoms with E-state index in [1.54, 1.807) is 13.8 Å². The molecule has 294 valence electrons. The number of imidazole rings is 2. The highest BCUT2D eigenvalue weighted by molar-refractivity contribution is 7.52. The zero-order valence-corrected chi connectivity index (χ0v) is 31.1. The van der Waals surface area contributed by atoms with Crippen molar-refractivity contribution in [1.82, 2.24) is 49.2 Å². The van der Waals surface area contributed by atoms with Gasteiger partial charge < -0.3 is 30.4 Å². The fraction of sp³-hybridized carbons (Fsp3) is 0.643. The van der Waals surface area contributed by atoms with Crippen molar-refractivity contribution in [2.75, 3.05) is 51.0 Å². The van der Waals surface area contributed by atoms with Crippen LogP contribution in [0.2, 0.25) is 0 Å². The van der Waals surface area contributed by atoms with E-state index in [4.69, 9.17) is 48.5 Å². The average Bonchev–Trinajstić information content (AvgIpc) is 3.85. The van der Waals surface area contributed by atoms with Crippen LogP contribution < -0.4 is 31.1 Å². The van der Waals surface area contributed by atoms with Gasteiger partial charge >= 0.3 is 15.5 Å². The van der Waals surface area contributed by atoms with Crippen molar-refractivity contribution in [1.29, 1.82) is 0 Å². The zero-order valence-electron chi connectivity index (χ0n) is 29.3. The van der Waals surface area contributed by atoms with Crippen molar-refractivity contribution in [2.45, 2.75) is 75.9 Å². The molecule has 0 aliphatic carbocycles. The van der Waals surface area contributed by atoms with E-state index in [9.17, 15) is 9.13 Å². The molecule has 4 aromatic rings. The molecule has 8 rings (SSSR count). The van der Waals surface area contributed by atoms with E-state index in [0.717, 1.165) is 0 Å². The topological polar surface area (TPSA) is 271 Å². The Kier molecular flexibility index (Phi) is 9.31. The van der Waals surface area contributed by atoms with Gasteiger partial charge in [-0.15, -0.1) is 0 Å². The molecule has 0 saturated carbocycles. The summed E-state index contributed by atoms with van der Waals surface area (Å²) in [4.78, 5) is 25.0. The lowest BCUT2D eigenvalue weighted by atomic mass is 9.98. The first-order chi connectivity index (χ1) is 25.7. The molecule has 4 aliphatic rings. The number of anilines is 2. The molecule has 4 aromatic heterocycles. The summed E-state index contributed by atoms with van der Waals surface area (Å²) in [7, 11) is -8.25. The number of nitrogens with zero attached hydrogens (tertiary/aromatic N) is 8. The highest BCUT2D eigenvalue weighted by atomic mass is 31.2. The number of rotatable bonds is 11. The number of fused-ring (bicyclic) bond motifs is 4. The third kappa shape index (κ3) is 6.27. The van der Waals surface area contributed by atoms with Gasteiger partial charge in [-0.3, -0.25) is 27.2 Å². The van der Waals surface area contributed by atoms with Gasteiger partial charge in [-0.2, -0.15) is 19.9 Å². The van der Waals surface area contributed by atoms with E-state index in [-0.39, 0.29) is 85.5 Å². The van der Waals surface area contributed by atoms with Crippen molar-refractivity contribution in [3.63, 3.8) is 0 Å². The van der Waals surface area contributed by atoms with Gasteiger partial charge in [0.2, 0.25) is 23.7 Å². The van der Waals surface area contributed by atoms with Crippen LogP contribution in [0.25, 0.3) is 22.3 Å². The molecule has 4 aliphatic heterocycles. The molecule has 22 nitrogen and oxygen atoms in total. The van der Waals surface area contributed by atoms with Crippen LogP contribution in [0.5, 0.6) is 11.8 Å². The van der Waals surface area contributed by atoms with Gasteiger partial charge in [-0.1, -0.05) is 0 Å². The monoisotopic (exact) mass is 802 g/mol. The Morgan fingerprint density at radius 3 is 1.57 bits per heavy atom. The van der Waals surface area contributed by atoms with E-state index in [2.05, 4.69) is 40.1 Å². The molecule has 0 bridgehead atoms. The number of nitrogens with one attached hydrogen (secondary N) is 2. The summed E-state index contributed by atoms with van der Waals surface area (Å²) >= 11 is 0. The van der Waals surface area contributed by atoms with Crippen molar-refractivity contribution in [2.24, 2.45) is 0 Å². The zero-order chi connectivity index (χ0) is 38.2. The molecular formula is C28H38F2N12O10P2. The third-order valence-corrected chi connectivity index (χ3v) is 12.5. The van der Waals surface area contributed by atoms with Gasteiger partial charge in [0.25, 0.3) is 0 Å². The van der Waals surface area contributed by atoms with Crippen LogP contribution >= 0.6 is 15.5 Å². The number of nitrogens with two attached hydrogens (primary N) is 2. The molecule has 0 radical (unpaired) electrons. The van der Waals surface area contributed by atoms with Gasteiger partial charge in [0.1, 0.15) is 24.4 Å². The predicted molar refractivity (Wildman–Crippen MR) is 182 cm³/mol. The number of ether oxygens (including phenoxy) is 4. The first-order valence-electron chi connectivity index (χ1n) is 17.0. The Morgan fingerprint density at radius 1 is 0.778 bits per heavy atom. The summed E-state index contributed by atoms with van der Waals surface area (Å²) in [5, 5.41) is 5.23. The van der Waals surface area contributed by atoms with Crippen LogP contribution in [0.4, 0.5) is 20.7 Å². The highest BCUT2D eigenvalue weighted by Gasteiger charge is 2.63. The maximum atomic E-state index is 16.6. The minimum Gasteiger partial charge on any atom is -0.476 e. The summed E-state index contributed by atoms with van der Waals surface area (Å²) in [6.07, 6.45) is -4.59. The third-order valence-electron chi connectivity index (χ3n) is 9.30. The van der Waals surface area contributed by atoms with E-state index >= 15 is 8.78 Å². The normalized spacial score (nSPS) is 36.4. The summed E-state index contributed by atoms with van der Waals surface area (Å²) in [6, 6.07) is 0. The van der Waals surface area contributed by atoms with Crippen LogP contribution in [-0.2, 0) is 36.7 Å². The summed E-state index contributed by atoms with van der Waals surface area (Å²) < 4.78 is 108. The van der Waals surface area contributed by atoms with Crippen molar-refractivity contribution >= 4 is 49.7 Å². The molecule has 4 saturated heterocycles. The first-order valence-corrected chi connectivity index (χ1v) is 20.1. The second kappa shape index (κ2) is 13.5. The molecule has 54 heavy (non-hydrogen) atoms. The van der Waals surface area contributed by atoms with E-state index in [1.165, 1.54) is 35.6 Å². The lowest BCUT2D eigenvalue weighted by Gasteiger charge is -2.35. The Morgan fingerprint density at radius 2 is 1.19 bits per heavy atom. The largest absolute Gasteiger partial charge is 0.476 e. The van der Waals surface area contributed by atoms with E-state index in [0.29, 0.717) is 0 Å². The van der Waals surface area contributed by atoms with E-state index < -0.39 is 63.7 Å². The number of alkyl halides is 2. The molecule has 10 atom stereocenters. The summed E-state index contributed by atoms with van der Waals surface area (Å²) in [6.45, 7) is 5.65. The smallest absolute Gasteiger partial charge is 0.406 e. The van der Waals surface area contributed by atoms with Gasteiger partial charge in [-0.05, 0) is 27.7 Å². The number of hydrogen-bond donors (Lipinski definition) is 4. The minimum atomic E-state index is -4.13. The molecule has 26 heteroatoms. The Hall–Kier alpha value is -3.70.